The predicted molar refractivity (Wildman–Crippen MR) is 137 cm³/mol. The van der Waals surface area contributed by atoms with Gasteiger partial charge >= 0.3 is 6.03 Å². The molecule has 9 heteroatoms. The molecule has 0 aliphatic carbocycles. The number of rotatable bonds is 8. The largest absolute Gasteiger partial charge is 0.494 e. The molecule has 0 unspecified atom stereocenters. The van der Waals surface area contributed by atoms with Crippen LogP contribution in [0.4, 0.5) is 4.79 Å². The van der Waals surface area contributed by atoms with Gasteiger partial charge < -0.3 is 14.2 Å². The lowest BCUT2D eigenvalue weighted by Gasteiger charge is -2.47. The van der Waals surface area contributed by atoms with E-state index in [4.69, 9.17) is 4.74 Å². The van der Waals surface area contributed by atoms with E-state index in [0.717, 1.165) is 22.6 Å². The van der Waals surface area contributed by atoms with Crippen LogP contribution in [0.2, 0.25) is 0 Å². The van der Waals surface area contributed by atoms with Crippen LogP contribution in [0.15, 0.2) is 59.9 Å². The average molecular weight is 505 g/mol. The summed E-state index contributed by atoms with van der Waals surface area (Å²) in [5, 5.41) is 2.43. The number of fused-ring (bicyclic) bond motifs is 4. The number of piperidine rings is 1. The van der Waals surface area contributed by atoms with Crippen molar-refractivity contribution in [2.24, 2.45) is 11.3 Å². The number of carbonyl (C=O) groups is 3. The molecule has 3 aliphatic heterocycles. The van der Waals surface area contributed by atoms with Crippen molar-refractivity contribution in [2.45, 2.75) is 32.2 Å². The lowest BCUT2D eigenvalue weighted by molar-refractivity contribution is -0.153. The fraction of sp³-hybridized carbons (Fsp3) is 0.429. The lowest BCUT2D eigenvalue weighted by Crippen LogP contribution is -2.68. The second-order valence-electron chi connectivity index (χ2n) is 10.2. The number of nitrogens with zero attached hydrogens (tertiary/aromatic N) is 3. The Bertz CT molecular complexity index is 1290. The van der Waals surface area contributed by atoms with Crippen LogP contribution in [-0.4, -0.2) is 65.0 Å². The van der Waals surface area contributed by atoms with Crippen LogP contribution in [0.5, 0.6) is 5.75 Å². The molecule has 2 fully saturated rings. The van der Waals surface area contributed by atoms with Crippen molar-refractivity contribution in [3.8, 4) is 5.75 Å². The third-order valence-electron chi connectivity index (χ3n) is 7.66. The van der Waals surface area contributed by atoms with Gasteiger partial charge in [0, 0.05) is 50.4 Å². The topological polar surface area (TPSA) is 101 Å². The van der Waals surface area contributed by atoms with Gasteiger partial charge in [-0.1, -0.05) is 24.3 Å². The lowest BCUT2D eigenvalue weighted by atomic mass is 9.75. The van der Waals surface area contributed by atoms with E-state index in [1.165, 1.54) is 6.08 Å². The molecule has 1 aromatic heterocycles. The van der Waals surface area contributed by atoms with Gasteiger partial charge in [-0.2, -0.15) is 0 Å². The third kappa shape index (κ3) is 4.59. The minimum atomic E-state index is -1.48. The molecule has 37 heavy (non-hydrogen) atoms. The fourth-order valence-corrected chi connectivity index (χ4v) is 6.10. The number of ether oxygens (including phenoxy) is 1. The first kappa shape index (κ1) is 25.0. The van der Waals surface area contributed by atoms with Crippen LogP contribution in [0, 0.1) is 11.3 Å². The maximum atomic E-state index is 13.9. The van der Waals surface area contributed by atoms with Gasteiger partial charge in [-0.25, -0.2) is 4.79 Å². The molecule has 0 radical (unpaired) electrons. The summed E-state index contributed by atoms with van der Waals surface area (Å²) in [5.41, 5.74) is 0.324. The van der Waals surface area contributed by atoms with Gasteiger partial charge in [0.15, 0.2) is 0 Å². The summed E-state index contributed by atoms with van der Waals surface area (Å²) in [4.78, 5) is 55.6. The second kappa shape index (κ2) is 9.97. The summed E-state index contributed by atoms with van der Waals surface area (Å²) in [7, 11) is 0. The van der Waals surface area contributed by atoms with Gasteiger partial charge in [-0.15, -0.1) is 6.58 Å². The zero-order valence-electron chi connectivity index (χ0n) is 21.0. The Morgan fingerprint density at radius 3 is 2.59 bits per heavy atom. The van der Waals surface area contributed by atoms with Crippen molar-refractivity contribution in [1.82, 2.24) is 19.7 Å². The molecule has 2 bridgehead atoms. The van der Waals surface area contributed by atoms with Gasteiger partial charge in [-0.05, 0) is 49.4 Å². The minimum Gasteiger partial charge on any atom is -0.494 e. The molecule has 4 heterocycles. The van der Waals surface area contributed by atoms with Gasteiger partial charge in [0.1, 0.15) is 11.2 Å². The smallest absolute Gasteiger partial charge is 0.331 e. The van der Waals surface area contributed by atoms with Gasteiger partial charge in [0.05, 0.1) is 6.61 Å². The standard InChI is InChI=1S/C28H32N4O5/c1-3-12-31-26(35)28(25(34)29-27(31)36,14-19-8-10-22(11-9-19)37-4-2)18-30-15-20-13-21(17-30)23-6-5-7-24(33)32(23)16-20/h3,5-11,20-21H,1,4,12-18H2,2H3,(H,29,34,36)/t20-,21-,28-/m1/s1. The molecule has 0 spiro atoms. The molecular weight excluding hydrogens is 472 g/mol. The van der Waals surface area contributed by atoms with E-state index in [1.807, 2.05) is 41.8 Å². The Balaban J connectivity index is 1.47. The van der Waals surface area contributed by atoms with Gasteiger partial charge in [0.2, 0.25) is 11.8 Å². The zero-order valence-corrected chi connectivity index (χ0v) is 21.0. The molecule has 4 amide bonds. The Kier molecular flexibility index (Phi) is 6.72. The average Bonchev–Trinajstić information content (AvgIpc) is 2.87. The van der Waals surface area contributed by atoms with Crippen LogP contribution in [0.25, 0.3) is 0 Å². The quantitative estimate of drug-likeness (QED) is 0.437. The molecular formula is C28H32N4O5. The summed E-state index contributed by atoms with van der Waals surface area (Å²) < 4.78 is 7.40. The Morgan fingerprint density at radius 1 is 1.08 bits per heavy atom. The molecule has 1 aromatic carbocycles. The van der Waals surface area contributed by atoms with Crippen molar-refractivity contribution in [2.75, 3.05) is 32.8 Å². The number of aromatic nitrogens is 1. The maximum absolute atomic E-state index is 13.9. The number of barbiturate groups is 1. The van der Waals surface area contributed by atoms with Crippen molar-refractivity contribution in [3.63, 3.8) is 0 Å². The number of nitrogens with one attached hydrogen (secondary N) is 1. The molecule has 0 saturated carbocycles. The summed E-state index contributed by atoms with van der Waals surface area (Å²) in [5.74, 6) is -0.00878. The highest BCUT2D eigenvalue weighted by molar-refractivity contribution is 6.19. The maximum Gasteiger partial charge on any atom is 0.331 e. The van der Waals surface area contributed by atoms with Crippen LogP contribution >= 0.6 is 0 Å². The molecule has 2 aromatic rings. The molecule has 2 saturated heterocycles. The number of carbonyl (C=O) groups excluding carboxylic acids is 3. The number of likely N-dealkylation sites (tertiary alicyclic amines) is 1. The normalized spacial score (nSPS) is 25.4. The molecule has 3 atom stereocenters. The van der Waals surface area contributed by atoms with Crippen LogP contribution in [-0.2, 0) is 22.6 Å². The van der Waals surface area contributed by atoms with E-state index in [2.05, 4.69) is 16.8 Å². The minimum absolute atomic E-state index is 0.00744. The number of pyridine rings is 1. The Morgan fingerprint density at radius 2 is 1.86 bits per heavy atom. The number of imide groups is 2. The van der Waals surface area contributed by atoms with E-state index in [9.17, 15) is 19.2 Å². The monoisotopic (exact) mass is 504 g/mol. The second-order valence-corrected chi connectivity index (χ2v) is 10.2. The van der Waals surface area contributed by atoms with Gasteiger partial charge in [-0.3, -0.25) is 24.6 Å². The Labute approximate surface area is 215 Å². The van der Waals surface area contributed by atoms with Crippen molar-refractivity contribution in [1.29, 1.82) is 0 Å². The van der Waals surface area contributed by atoms with E-state index >= 15 is 0 Å². The van der Waals surface area contributed by atoms with Gasteiger partial charge in [0.25, 0.3) is 5.56 Å². The molecule has 1 N–H and O–H groups in total. The first-order valence-electron chi connectivity index (χ1n) is 12.8. The highest BCUT2D eigenvalue weighted by Gasteiger charge is 2.55. The summed E-state index contributed by atoms with van der Waals surface area (Å²) in [6.07, 6.45) is 2.59. The van der Waals surface area contributed by atoms with Crippen LogP contribution in [0.3, 0.4) is 0 Å². The van der Waals surface area contributed by atoms with E-state index in [1.54, 1.807) is 12.1 Å². The van der Waals surface area contributed by atoms with E-state index in [0.29, 0.717) is 32.0 Å². The zero-order chi connectivity index (χ0) is 26.2. The number of benzene rings is 1. The number of hydrogen-bond acceptors (Lipinski definition) is 6. The first-order valence-corrected chi connectivity index (χ1v) is 12.8. The SMILES string of the molecule is C=CCN1C(=O)NC(=O)[C@@](Cc2ccc(OCC)cc2)(CN2C[C@H]3C[C@H](C2)c2cccc(=O)n2C3)C1=O. The van der Waals surface area contributed by atoms with Crippen molar-refractivity contribution < 1.29 is 19.1 Å². The number of amides is 4. The molecule has 5 rings (SSSR count). The third-order valence-corrected chi connectivity index (χ3v) is 7.66. The van der Waals surface area contributed by atoms with Crippen molar-refractivity contribution in [3.05, 3.63) is 76.7 Å². The van der Waals surface area contributed by atoms with Crippen molar-refractivity contribution >= 4 is 17.8 Å². The molecule has 3 aliphatic rings. The molecule has 9 nitrogen and oxygen atoms in total. The number of hydrogen-bond donors (Lipinski definition) is 1. The molecule has 194 valence electrons. The number of urea groups is 1. The highest BCUT2D eigenvalue weighted by Crippen LogP contribution is 2.38. The highest BCUT2D eigenvalue weighted by atomic mass is 16.5. The van der Waals surface area contributed by atoms with Crippen LogP contribution in [0.1, 0.15) is 30.5 Å². The van der Waals surface area contributed by atoms with E-state index in [-0.39, 0.29) is 36.9 Å². The Hall–Kier alpha value is -3.72. The predicted octanol–water partition coefficient (Wildman–Crippen LogP) is 2.16. The van der Waals surface area contributed by atoms with Crippen LogP contribution < -0.4 is 15.6 Å². The fourth-order valence-electron chi connectivity index (χ4n) is 6.10. The summed E-state index contributed by atoms with van der Waals surface area (Å²) >= 11 is 0. The van der Waals surface area contributed by atoms with E-state index < -0.39 is 23.3 Å². The first-order chi connectivity index (χ1) is 17.8. The summed E-state index contributed by atoms with van der Waals surface area (Å²) in [6, 6.07) is 12.0. The summed E-state index contributed by atoms with van der Waals surface area (Å²) in [6.45, 7) is 8.22.